The average Bonchev–Trinajstić information content (AvgIpc) is 3.08. The van der Waals surface area contributed by atoms with Crippen molar-refractivity contribution in [3.05, 3.63) is 40.5 Å². The van der Waals surface area contributed by atoms with Gasteiger partial charge in [0.25, 0.3) is 0 Å². The number of benzene rings is 1. The van der Waals surface area contributed by atoms with E-state index in [1.807, 2.05) is 42.1 Å². The number of halogens is 1. The van der Waals surface area contributed by atoms with Gasteiger partial charge in [0, 0.05) is 26.5 Å². The van der Waals surface area contributed by atoms with Crippen LogP contribution in [0.15, 0.2) is 34.8 Å². The summed E-state index contributed by atoms with van der Waals surface area (Å²) in [5, 5.41) is 22.0. The molecule has 134 valence electrons. The average molecular weight is 450 g/mol. The van der Waals surface area contributed by atoms with Crippen LogP contribution in [0, 0.1) is 0 Å². The molecule has 0 radical (unpaired) electrons. The zero-order valence-corrected chi connectivity index (χ0v) is 17.0. The summed E-state index contributed by atoms with van der Waals surface area (Å²) in [4.78, 5) is 12.6. The van der Waals surface area contributed by atoms with Crippen molar-refractivity contribution in [2.24, 2.45) is 0 Å². The van der Waals surface area contributed by atoms with Crippen molar-refractivity contribution in [3.8, 4) is 10.4 Å². The van der Waals surface area contributed by atoms with E-state index in [9.17, 15) is 9.90 Å². The minimum absolute atomic E-state index is 0.00909. The third kappa shape index (κ3) is 3.58. The van der Waals surface area contributed by atoms with Crippen LogP contribution >= 0.6 is 39.0 Å². The number of rotatable bonds is 4. The quantitative estimate of drug-likeness (QED) is 0.574. The molecular weight excluding hydrogens is 434 g/mol. The van der Waals surface area contributed by atoms with E-state index in [4.69, 9.17) is 0 Å². The van der Waals surface area contributed by atoms with Crippen LogP contribution in [-0.4, -0.2) is 38.8 Å². The lowest BCUT2D eigenvalue weighted by molar-refractivity contribution is 0.0692. The number of carboxylic acid groups (broad SMARTS) is 1. The summed E-state index contributed by atoms with van der Waals surface area (Å²) in [6.45, 7) is 0. The van der Waals surface area contributed by atoms with E-state index < -0.39 is 5.97 Å². The van der Waals surface area contributed by atoms with E-state index in [1.165, 1.54) is 23.5 Å². The van der Waals surface area contributed by atoms with Gasteiger partial charge in [-0.1, -0.05) is 28.1 Å². The Morgan fingerprint density at radius 3 is 2.92 bits per heavy atom. The first-order chi connectivity index (χ1) is 12.6. The van der Waals surface area contributed by atoms with Gasteiger partial charge in [-0.3, -0.25) is 0 Å². The van der Waals surface area contributed by atoms with Gasteiger partial charge in [0.1, 0.15) is 0 Å². The number of hydrogen-bond acceptors (Lipinski definition) is 6. The minimum atomic E-state index is -1.05. The third-order valence-electron chi connectivity index (χ3n) is 4.27. The summed E-state index contributed by atoms with van der Waals surface area (Å²) in [5.74, 6) is 1.86. The molecule has 1 atom stereocenters. The lowest BCUT2D eigenvalue weighted by atomic mass is 10.1. The second-order valence-electron chi connectivity index (χ2n) is 6.12. The SMILES string of the molecule is O=C(O)c1nnc(NC2CCCSC2)c2cc(-c3cccc(Br)c3)sc12. The van der Waals surface area contributed by atoms with Crippen molar-refractivity contribution < 1.29 is 9.90 Å². The molecule has 3 heterocycles. The maximum absolute atomic E-state index is 11.6. The standard InChI is InChI=1S/C18H16BrN3O2S2/c19-11-4-1-3-10(7-11)14-8-13-16(26-14)15(18(23)24)21-22-17(13)20-12-5-2-6-25-9-12/h1,3-4,7-8,12H,2,5-6,9H2,(H,20,22)(H,23,24). The number of anilines is 1. The Bertz CT molecular complexity index is 970. The normalized spacial score (nSPS) is 17.3. The summed E-state index contributed by atoms with van der Waals surface area (Å²) >= 11 is 6.87. The Balaban J connectivity index is 1.80. The van der Waals surface area contributed by atoms with E-state index in [0.29, 0.717) is 16.6 Å². The Hall–Kier alpha value is -1.64. The summed E-state index contributed by atoms with van der Waals surface area (Å²) < 4.78 is 1.65. The zero-order valence-electron chi connectivity index (χ0n) is 13.7. The highest BCUT2D eigenvalue weighted by molar-refractivity contribution is 9.10. The second-order valence-corrected chi connectivity index (χ2v) is 9.24. The highest BCUT2D eigenvalue weighted by atomic mass is 79.9. The largest absolute Gasteiger partial charge is 0.476 e. The number of thioether (sulfide) groups is 1. The molecule has 5 nitrogen and oxygen atoms in total. The fourth-order valence-electron chi connectivity index (χ4n) is 3.02. The van der Waals surface area contributed by atoms with Gasteiger partial charge >= 0.3 is 5.97 Å². The van der Waals surface area contributed by atoms with E-state index in [0.717, 1.165) is 32.5 Å². The lowest BCUT2D eigenvalue weighted by Gasteiger charge is -2.23. The summed E-state index contributed by atoms with van der Waals surface area (Å²) in [6.07, 6.45) is 2.28. The van der Waals surface area contributed by atoms with Gasteiger partial charge in [0.15, 0.2) is 11.5 Å². The number of aromatic nitrogens is 2. The monoisotopic (exact) mass is 449 g/mol. The second kappa shape index (κ2) is 7.54. The number of fused-ring (bicyclic) bond motifs is 1. The van der Waals surface area contributed by atoms with E-state index in [-0.39, 0.29) is 5.69 Å². The van der Waals surface area contributed by atoms with Crippen LogP contribution < -0.4 is 5.32 Å². The molecule has 3 aromatic rings. The highest BCUT2D eigenvalue weighted by Crippen LogP contribution is 2.38. The third-order valence-corrected chi connectivity index (χ3v) is 7.16. The van der Waals surface area contributed by atoms with Crippen LogP contribution in [0.3, 0.4) is 0 Å². The lowest BCUT2D eigenvalue weighted by Crippen LogP contribution is -2.26. The number of nitrogens with one attached hydrogen (secondary N) is 1. The molecule has 2 aromatic heterocycles. The zero-order chi connectivity index (χ0) is 18.1. The van der Waals surface area contributed by atoms with E-state index in [2.05, 4.69) is 31.4 Å². The smallest absolute Gasteiger partial charge is 0.357 e. The van der Waals surface area contributed by atoms with Crippen LogP contribution in [0.2, 0.25) is 0 Å². The molecule has 1 aliphatic rings. The van der Waals surface area contributed by atoms with Crippen molar-refractivity contribution in [2.75, 3.05) is 16.8 Å². The molecule has 0 spiro atoms. The van der Waals surface area contributed by atoms with Gasteiger partial charge in [-0.25, -0.2) is 4.79 Å². The molecule has 8 heteroatoms. The Kier molecular flexibility index (Phi) is 5.15. The van der Waals surface area contributed by atoms with Crippen LogP contribution in [-0.2, 0) is 0 Å². The Labute approximate surface area is 167 Å². The molecule has 0 amide bonds. The molecule has 1 unspecified atom stereocenters. The van der Waals surface area contributed by atoms with Gasteiger partial charge in [-0.15, -0.1) is 21.5 Å². The van der Waals surface area contributed by atoms with E-state index in [1.54, 1.807) is 0 Å². The van der Waals surface area contributed by atoms with Gasteiger partial charge in [0.05, 0.1) is 4.70 Å². The van der Waals surface area contributed by atoms with Gasteiger partial charge < -0.3 is 10.4 Å². The molecule has 1 fully saturated rings. The number of aromatic carboxylic acids is 1. The van der Waals surface area contributed by atoms with Crippen molar-refractivity contribution in [1.82, 2.24) is 10.2 Å². The number of thiophene rings is 1. The van der Waals surface area contributed by atoms with E-state index >= 15 is 0 Å². The summed E-state index contributed by atoms with van der Waals surface area (Å²) in [6, 6.07) is 10.3. The molecule has 1 aliphatic heterocycles. The summed E-state index contributed by atoms with van der Waals surface area (Å²) in [5.41, 5.74) is 1.05. The molecule has 0 saturated carbocycles. The topological polar surface area (TPSA) is 75.1 Å². The predicted molar refractivity (Wildman–Crippen MR) is 111 cm³/mol. The van der Waals surface area contributed by atoms with Crippen LogP contribution in [0.25, 0.3) is 20.5 Å². The molecule has 4 rings (SSSR count). The molecule has 1 aromatic carbocycles. The number of nitrogens with zero attached hydrogens (tertiary/aromatic N) is 2. The first-order valence-electron chi connectivity index (χ1n) is 8.25. The van der Waals surface area contributed by atoms with Crippen LogP contribution in [0.5, 0.6) is 0 Å². The number of carboxylic acids is 1. The van der Waals surface area contributed by atoms with Gasteiger partial charge in [0.2, 0.25) is 0 Å². The maximum Gasteiger partial charge on any atom is 0.357 e. The van der Waals surface area contributed by atoms with Crippen molar-refractivity contribution >= 4 is 60.9 Å². The fraction of sp³-hybridized carbons (Fsp3) is 0.278. The van der Waals surface area contributed by atoms with Crippen molar-refractivity contribution in [2.45, 2.75) is 18.9 Å². The molecule has 26 heavy (non-hydrogen) atoms. The minimum Gasteiger partial charge on any atom is -0.476 e. The predicted octanol–water partition coefficient (Wildman–Crippen LogP) is 5.13. The molecule has 1 saturated heterocycles. The Morgan fingerprint density at radius 1 is 1.31 bits per heavy atom. The fourth-order valence-corrected chi connectivity index (χ4v) is 5.62. The van der Waals surface area contributed by atoms with Crippen molar-refractivity contribution in [3.63, 3.8) is 0 Å². The Morgan fingerprint density at radius 2 is 2.19 bits per heavy atom. The molecular formula is C18H16BrN3O2S2. The first-order valence-corrected chi connectivity index (χ1v) is 11.0. The van der Waals surface area contributed by atoms with Crippen molar-refractivity contribution in [1.29, 1.82) is 0 Å². The van der Waals surface area contributed by atoms with Crippen LogP contribution in [0.1, 0.15) is 23.3 Å². The van der Waals surface area contributed by atoms with Crippen LogP contribution in [0.4, 0.5) is 5.82 Å². The molecule has 0 aliphatic carbocycles. The highest BCUT2D eigenvalue weighted by Gasteiger charge is 2.21. The van der Waals surface area contributed by atoms with Gasteiger partial charge in [-0.05, 0) is 42.4 Å². The molecule has 0 bridgehead atoms. The number of carbonyl (C=O) groups is 1. The first kappa shape index (κ1) is 17.8. The summed E-state index contributed by atoms with van der Waals surface area (Å²) in [7, 11) is 0. The molecule has 2 N–H and O–H groups in total. The van der Waals surface area contributed by atoms with Gasteiger partial charge in [-0.2, -0.15) is 11.8 Å². The maximum atomic E-state index is 11.6. The number of hydrogen-bond donors (Lipinski definition) is 2.